The zero-order valence-electron chi connectivity index (χ0n) is 11.8. The Balaban J connectivity index is 2.25. The van der Waals surface area contributed by atoms with Gasteiger partial charge in [-0.3, -0.25) is 10.1 Å². The Bertz CT molecular complexity index is 590. The Morgan fingerprint density at radius 1 is 1.15 bits per heavy atom. The average molecular weight is 269 g/mol. The van der Waals surface area contributed by atoms with E-state index in [1.54, 1.807) is 14.0 Å². The van der Waals surface area contributed by atoms with Crippen molar-refractivity contribution in [3.63, 3.8) is 0 Å². The van der Waals surface area contributed by atoms with Gasteiger partial charge in [0.05, 0.1) is 0 Å². The van der Waals surface area contributed by atoms with Crippen LogP contribution >= 0.6 is 0 Å². The minimum Gasteiger partial charge on any atom is -0.374 e. The molecule has 0 fully saturated rings. The van der Waals surface area contributed by atoms with Crippen LogP contribution in [-0.4, -0.2) is 17.9 Å². The zero-order chi connectivity index (χ0) is 14.5. The summed E-state index contributed by atoms with van der Waals surface area (Å²) in [6, 6.07) is 15.7. The van der Waals surface area contributed by atoms with Gasteiger partial charge in [0, 0.05) is 6.42 Å². The number of aliphatic hydroxyl groups excluding tert-OH is 1. The van der Waals surface area contributed by atoms with Crippen LogP contribution in [0.4, 0.5) is 0 Å². The number of ketones is 1. The lowest BCUT2D eigenvalue weighted by Crippen LogP contribution is -2.14. The van der Waals surface area contributed by atoms with Crippen molar-refractivity contribution in [2.75, 3.05) is 7.05 Å². The number of hydrogen-bond donors (Lipinski definition) is 2. The summed E-state index contributed by atoms with van der Waals surface area (Å²) < 4.78 is 0. The monoisotopic (exact) mass is 269 g/mol. The summed E-state index contributed by atoms with van der Waals surface area (Å²) in [6.07, 6.45) is -0.189. The van der Waals surface area contributed by atoms with E-state index >= 15 is 0 Å². The molecule has 0 amide bonds. The Morgan fingerprint density at radius 3 is 2.45 bits per heavy atom. The van der Waals surface area contributed by atoms with Gasteiger partial charge in [0.1, 0.15) is 12.0 Å². The lowest BCUT2D eigenvalue weighted by molar-refractivity contribution is -0.116. The van der Waals surface area contributed by atoms with E-state index in [2.05, 4.69) is 5.32 Å². The molecule has 20 heavy (non-hydrogen) atoms. The molecule has 0 saturated heterocycles. The molecular formula is C17H19NO2. The maximum atomic E-state index is 11.1. The molecule has 1 atom stereocenters. The fourth-order valence-electron chi connectivity index (χ4n) is 2.16. The van der Waals surface area contributed by atoms with Crippen molar-refractivity contribution in [1.29, 1.82) is 0 Å². The summed E-state index contributed by atoms with van der Waals surface area (Å²) in [4.78, 5) is 11.1. The van der Waals surface area contributed by atoms with Gasteiger partial charge in [0.2, 0.25) is 0 Å². The van der Waals surface area contributed by atoms with Crippen LogP contribution in [0.1, 0.15) is 24.3 Å². The van der Waals surface area contributed by atoms with Gasteiger partial charge in [-0.1, -0.05) is 42.5 Å². The molecule has 104 valence electrons. The van der Waals surface area contributed by atoms with E-state index < -0.39 is 6.23 Å². The standard InChI is InChI=1S/C17H19NO2/c1-12(19)10-13-6-8-14(9-7-13)15-4-3-5-16(11-15)17(20)18-2/h3-9,11,17-18,20H,10H2,1-2H3. The maximum absolute atomic E-state index is 11.1. The second-order valence-electron chi connectivity index (χ2n) is 4.89. The molecule has 3 nitrogen and oxygen atoms in total. The highest BCUT2D eigenvalue weighted by Crippen LogP contribution is 2.23. The number of carbonyl (C=O) groups is 1. The first kappa shape index (κ1) is 14.4. The molecule has 0 radical (unpaired) electrons. The van der Waals surface area contributed by atoms with E-state index in [0.717, 1.165) is 22.3 Å². The van der Waals surface area contributed by atoms with Crippen LogP contribution < -0.4 is 5.32 Å². The predicted octanol–water partition coefficient (Wildman–Crippen LogP) is 2.70. The summed E-state index contributed by atoms with van der Waals surface area (Å²) in [5, 5.41) is 12.6. The lowest BCUT2D eigenvalue weighted by atomic mass is 10.00. The van der Waals surface area contributed by atoms with E-state index in [1.165, 1.54) is 0 Å². The molecule has 2 aromatic carbocycles. The highest BCUT2D eigenvalue weighted by atomic mass is 16.3. The third-order valence-electron chi connectivity index (χ3n) is 3.22. The molecule has 3 heteroatoms. The molecule has 0 bridgehead atoms. The summed E-state index contributed by atoms with van der Waals surface area (Å²) in [5.41, 5.74) is 3.97. The van der Waals surface area contributed by atoms with E-state index in [0.29, 0.717) is 6.42 Å². The van der Waals surface area contributed by atoms with Crippen LogP contribution in [-0.2, 0) is 11.2 Å². The molecule has 0 aliphatic heterocycles. The average Bonchev–Trinajstić information content (AvgIpc) is 2.47. The minimum absolute atomic E-state index is 0.164. The van der Waals surface area contributed by atoms with Gasteiger partial charge in [0.25, 0.3) is 0 Å². The normalized spacial score (nSPS) is 12.2. The van der Waals surface area contributed by atoms with Crippen molar-refractivity contribution in [2.24, 2.45) is 0 Å². The van der Waals surface area contributed by atoms with Crippen LogP contribution in [0.5, 0.6) is 0 Å². The third kappa shape index (κ3) is 3.53. The van der Waals surface area contributed by atoms with Gasteiger partial charge >= 0.3 is 0 Å². The number of hydrogen-bond acceptors (Lipinski definition) is 3. The molecule has 0 spiro atoms. The number of carbonyl (C=O) groups excluding carboxylic acids is 1. The Kier molecular flexibility index (Phi) is 4.66. The zero-order valence-corrected chi connectivity index (χ0v) is 11.8. The van der Waals surface area contributed by atoms with Crippen LogP contribution in [0.25, 0.3) is 11.1 Å². The van der Waals surface area contributed by atoms with Crippen molar-refractivity contribution >= 4 is 5.78 Å². The number of aliphatic hydroxyl groups is 1. The molecule has 2 rings (SSSR count). The first-order chi connectivity index (χ1) is 9.60. The Morgan fingerprint density at radius 2 is 1.85 bits per heavy atom. The second-order valence-corrected chi connectivity index (χ2v) is 4.89. The number of Topliss-reactive ketones (excluding diaryl/α,β-unsaturated/α-hetero) is 1. The maximum Gasteiger partial charge on any atom is 0.134 e. The number of rotatable bonds is 5. The predicted molar refractivity (Wildman–Crippen MR) is 80.3 cm³/mol. The molecule has 0 saturated carbocycles. The van der Waals surface area contributed by atoms with Crippen LogP contribution in [0.15, 0.2) is 48.5 Å². The second kappa shape index (κ2) is 6.46. The largest absolute Gasteiger partial charge is 0.374 e. The fourth-order valence-corrected chi connectivity index (χ4v) is 2.16. The van der Waals surface area contributed by atoms with Gasteiger partial charge in [-0.05, 0) is 42.3 Å². The smallest absolute Gasteiger partial charge is 0.134 e. The quantitative estimate of drug-likeness (QED) is 0.820. The van der Waals surface area contributed by atoms with Gasteiger partial charge in [-0.2, -0.15) is 0 Å². The molecule has 2 aromatic rings. The van der Waals surface area contributed by atoms with Gasteiger partial charge in [-0.15, -0.1) is 0 Å². The van der Waals surface area contributed by atoms with E-state index in [9.17, 15) is 9.90 Å². The molecule has 1 unspecified atom stereocenters. The van der Waals surface area contributed by atoms with Crippen LogP contribution in [0, 0.1) is 0 Å². The third-order valence-corrected chi connectivity index (χ3v) is 3.22. The van der Waals surface area contributed by atoms with Crippen molar-refractivity contribution in [2.45, 2.75) is 19.6 Å². The van der Waals surface area contributed by atoms with Crippen molar-refractivity contribution < 1.29 is 9.90 Å². The lowest BCUT2D eigenvalue weighted by Gasteiger charge is -2.11. The first-order valence-electron chi connectivity index (χ1n) is 6.64. The Labute approximate surface area is 119 Å². The molecule has 2 N–H and O–H groups in total. The number of benzene rings is 2. The molecule has 0 aliphatic rings. The highest BCUT2D eigenvalue weighted by molar-refractivity contribution is 5.78. The van der Waals surface area contributed by atoms with Crippen LogP contribution in [0.2, 0.25) is 0 Å². The highest BCUT2D eigenvalue weighted by Gasteiger charge is 2.06. The van der Waals surface area contributed by atoms with E-state index in [4.69, 9.17) is 0 Å². The van der Waals surface area contributed by atoms with E-state index in [1.807, 2.05) is 48.5 Å². The molecule has 0 heterocycles. The van der Waals surface area contributed by atoms with Crippen LogP contribution in [0.3, 0.4) is 0 Å². The topological polar surface area (TPSA) is 49.3 Å². The minimum atomic E-state index is -0.660. The fraction of sp³-hybridized carbons (Fsp3) is 0.235. The summed E-state index contributed by atoms with van der Waals surface area (Å²) in [7, 11) is 1.72. The van der Waals surface area contributed by atoms with Crippen molar-refractivity contribution in [3.8, 4) is 11.1 Å². The van der Waals surface area contributed by atoms with Crippen molar-refractivity contribution in [1.82, 2.24) is 5.32 Å². The van der Waals surface area contributed by atoms with Gasteiger partial charge in [0.15, 0.2) is 0 Å². The summed E-state index contributed by atoms with van der Waals surface area (Å²) in [6.45, 7) is 1.59. The molecular weight excluding hydrogens is 250 g/mol. The SMILES string of the molecule is CNC(O)c1cccc(-c2ccc(CC(C)=O)cc2)c1. The number of nitrogens with one attached hydrogen (secondary N) is 1. The first-order valence-corrected chi connectivity index (χ1v) is 6.64. The van der Waals surface area contributed by atoms with E-state index in [-0.39, 0.29) is 5.78 Å². The summed E-state index contributed by atoms with van der Waals surface area (Å²) >= 11 is 0. The molecule has 0 aliphatic carbocycles. The van der Waals surface area contributed by atoms with Crippen molar-refractivity contribution in [3.05, 3.63) is 59.7 Å². The van der Waals surface area contributed by atoms with Gasteiger partial charge in [-0.25, -0.2) is 0 Å². The summed E-state index contributed by atoms with van der Waals surface area (Å²) in [5.74, 6) is 0.164. The molecule has 0 aromatic heterocycles. The Hall–Kier alpha value is -1.97. The van der Waals surface area contributed by atoms with Gasteiger partial charge < -0.3 is 5.11 Å².